The summed E-state index contributed by atoms with van der Waals surface area (Å²) in [6, 6.07) is 20.9. The number of unbranched alkanes of at least 4 members (excludes halogenated alkanes) is 3. The minimum Gasteiger partial charge on any atom is -0.494 e. The van der Waals surface area contributed by atoms with E-state index in [9.17, 15) is 4.79 Å². The maximum atomic E-state index is 12.8. The maximum Gasteiger partial charge on any atom is 0.256 e. The summed E-state index contributed by atoms with van der Waals surface area (Å²) < 4.78 is 7.43. The van der Waals surface area contributed by atoms with Crippen molar-refractivity contribution in [3.8, 4) is 11.6 Å². The second kappa shape index (κ2) is 10.1. The number of anilines is 1. The van der Waals surface area contributed by atoms with Gasteiger partial charge in [0, 0.05) is 17.0 Å². The number of nitrogens with zero attached hydrogens (tertiary/aromatic N) is 3. The Kier molecular flexibility index (Phi) is 6.80. The largest absolute Gasteiger partial charge is 0.494 e. The molecule has 4 aromatic rings. The van der Waals surface area contributed by atoms with E-state index in [-0.39, 0.29) is 5.91 Å². The molecule has 2 aromatic heterocycles. The molecule has 0 aliphatic rings. The minimum atomic E-state index is -0.207. The summed E-state index contributed by atoms with van der Waals surface area (Å²) >= 11 is 0. The highest BCUT2D eigenvalue weighted by atomic mass is 16.5. The standard InChI is InChI=1S/C26H28N4O2/c1-3-4-5-8-17-32-22-14-11-21(12-15-22)26(31)28-25-18-19(2)29-30(25)24-16-13-20-9-6-7-10-23(20)27-24/h6-7,9-16,18H,3-5,8,17H2,1-2H3,(H,28,31). The van der Waals surface area contributed by atoms with Crippen molar-refractivity contribution in [2.24, 2.45) is 0 Å². The Labute approximate surface area is 188 Å². The predicted molar refractivity (Wildman–Crippen MR) is 128 cm³/mol. The van der Waals surface area contributed by atoms with Crippen LogP contribution in [0, 0.1) is 6.92 Å². The van der Waals surface area contributed by atoms with Crippen LogP contribution in [-0.2, 0) is 0 Å². The summed E-state index contributed by atoms with van der Waals surface area (Å²) in [6.07, 6.45) is 4.66. The molecule has 0 saturated carbocycles. The number of rotatable bonds is 9. The number of aromatic nitrogens is 3. The molecule has 164 valence electrons. The van der Waals surface area contributed by atoms with Gasteiger partial charge in [0.05, 0.1) is 17.8 Å². The molecule has 0 bridgehead atoms. The lowest BCUT2D eigenvalue weighted by Crippen LogP contribution is -2.15. The molecule has 4 rings (SSSR count). The molecule has 2 heterocycles. The number of hydrogen-bond donors (Lipinski definition) is 1. The van der Waals surface area contributed by atoms with Crippen LogP contribution in [0.25, 0.3) is 16.7 Å². The van der Waals surface area contributed by atoms with Crippen LogP contribution in [0.2, 0.25) is 0 Å². The van der Waals surface area contributed by atoms with Crippen molar-refractivity contribution in [1.29, 1.82) is 0 Å². The molecule has 32 heavy (non-hydrogen) atoms. The van der Waals surface area contributed by atoms with Crippen LogP contribution in [0.4, 0.5) is 5.82 Å². The van der Waals surface area contributed by atoms with E-state index in [1.807, 2.05) is 61.5 Å². The van der Waals surface area contributed by atoms with E-state index in [0.29, 0.717) is 23.8 Å². The van der Waals surface area contributed by atoms with Crippen LogP contribution in [0.5, 0.6) is 5.75 Å². The number of ether oxygens (including phenoxy) is 1. The van der Waals surface area contributed by atoms with Crippen molar-refractivity contribution in [2.75, 3.05) is 11.9 Å². The molecule has 0 unspecified atom stereocenters. The van der Waals surface area contributed by atoms with E-state index >= 15 is 0 Å². The molecule has 1 N–H and O–H groups in total. The topological polar surface area (TPSA) is 69.0 Å². The quantitative estimate of drug-likeness (QED) is 0.335. The third kappa shape index (κ3) is 5.14. The highest BCUT2D eigenvalue weighted by molar-refractivity contribution is 6.04. The molecule has 0 aliphatic carbocycles. The smallest absolute Gasteiger partial charge is 0.256 e. The average molecular weight is 429 g/mol. The van der Waals surface area contributed by atoms with E-state index < -0.39 is 0 Å². The zero-order valence-electron chi connectivity index (χ0n) is 18.5. The second-order valence-corrected chi connectivity index (χ2v) is 7.83. The SMILES string of the molecule is CCCCCCOc1ccc(C(=O)Nc2cc(C)nn2-c2ccc3ccccc3n2)cc1. The van der Waals surface area contributed by atoms with Crippen LogP contribution < -0.4 is 10.1 Å². The van der Waals surface area contributed by atoms with Crippen LogP contribution in [0.3, 0.4) is 0 Å². The monoisotopic (exact) mass is 428 g/mol. The molecule has 0 radical (unpaired) electrons. The molecule has 1 amide bonds. The van der Waals surface area contributed by atoms with Crippen molar-refractivity contribution < 1.29 is 9.53 Å². The first-order valence-corrected chi connectivity index (χ1v) is 11.1. The van der Waals surface area contributed by atoms with Crippen molar-refractivity contribution in [2.45, 2.75) is 39.5 Å². The van der Waals surface area contributed by atoms with E-state index in [1.54, 1.807) is 16.8 Å². The average Bonchev–Trinajstić information content (AvgIpc) is 3.18. The zero-order valence-corrected chi connectivity index (χ0v) is 18.5. The minimum absolute atomic E-state index is 0.207. The molecule has 2 aromatic carbocycles. The number of fused-ring (bicyclic) bond motifs is 1. The highest BCUT2D eigenvalue weighted by Crippen LogP contribution is 2.20. The predicted octanol–water partition coefficient (Wildman–Crippen LogP) is 5.94. The number of carbonyl (C=O) groups is 1. The molecule has 0 aliphatic heterocycles. The third-order valence-corrected chi connectivity index (χ3v) is 5.26. The number of para-hydroxylation sites is 1. The zero-order chi connectivity index (χ0) is 22.3. The van der Waals surface area contributed by atoms with Gasteiger partial charge in [-0.1, -0.05) is 44.4 Å². The first-order chi connectivity index (χ1) is 15.6. The summed E-state index contributed by atoms with van der Waals surface area (Å²) in [4.78, 5) is 17.5. The van der Waals surface area contributed by atoms with Gasteiger partial charge in [0.2, 0.25) is 0 Å². The van der Waals surface area contributed by atoms with Gasteiger partial charge in [0.25, 0.3) is 5.91 Å². The van der Waals surface area contributed by atoms with E-state index in [0.717, 1.165) is 28.8 Å². The van der Waals surface area contributed by atoms with Crippen LogP contribution in [-0.4, -0.2) is 27.3 Å². The van der Waals surface area contributed by atoms with Gasteiger partial charge in [0.15, 0.2) is 5.82 Å². The van der Waals surface area contributed by atoms with Crippen molar-refractivity contribution in [3.63, 3.8) is 0 Å². The molecule has 0 atom stereocenters. The van der Waals surface area contributed by atoms with Crippen LogP contribution in [0.15, 0.2) is 66.7 Å². The maximum absolute atomic E-state index is 12.8. The third-order valence-electron chi connectivity index (χ3n) is 5.26. The number of aryl methyl sites for hydroxylation is 1. The van der Waals surface area contributed by atoms with Gasteiger partial charge in [0.1, 0.15) is 11.6 Å². The fourth-order valence-corrected chi connectivity index (χ4v) is 3.55. The lowest BCUT2D eigenvalue weighted by atomic mass is 10.2. The molecule has 0 spiro atoms. The fraction of sp³-hybridized carbons (Fsp3) is 0.269. The summed E-state index contributed by atoms with van der Waals surface area (Å²) in [7, 11) is 0. The Morgan fingerprint density at radius 2 is 1.81 bits per heavy atom. The summed E-state index contributed by atoms with van der Waals surface area (Å²) in [5.74, 6) is 1.80. The normalized spacial score (nSPS) is 10.9. The lowest BCUT2D eigenvalue weighted by Gasteiger charge is -2.10. The Bertz CT molecular complexity index is 1200. The number of pyridine rings is 1. The Morgan fingerprint density at radius 1 is 1.00 bits per heavy atom. The molecule has 0 saturated heterocycles. The molecular formula is C26H28N4O2. The summed E-state index contributed by atoms with van der Waals surface area (Å²) in [6.45, 7) is 4.78. The summed E-state index contributed by atoms with van der Waals surface area (Å²) in [5.41, 5.74) is 2.22. The highest BCUT2D eigenvalue weighted by Gasteiger charge is 2.14. The van der Waals surface area contributed by atoms with E-state index in [4.69, 9.17) is 9.72 Å². The lowest BCUT2D eigenvalue weighted by molar-refractivity contribution is 0.102. The Morgan fingerprint density at radius 3 is 2.62 bits per heavy atom. The van der Waals surface area contributed by atoms with E-state index in [1.165, 1.54) is 19.3 Å². The van der Waals surface area contributed by atoms with E-state index in [2.05, 4.69) is 17.3 Å². The van der Waals surface area contributed by atoms with Gasteiger partial charge in [-0.05, 0) is 55.8 Å². The van der Waals surface area contributed by atoms with Crippen molar-refractivity contribution >= 4 is 22.6 Å². The summed E-state index contributed by atoms with van der Waals surface area (Å²) in [5, 5.41) is 8.54. The number of nitrogens with one attached hydrogen (secondary N) is 1. The van der Waals surface area contributed by atoms with Gasteiger partial charge >= 0.3 is 0 Å². The molecule has 0 fully saturated rings. The second-order valence-electron chi connectivity index (χ2n) is 7.83. The first kappa shape index (κ1) is 21.6. The Balaban J connectivity index is 1.45. The number of carbonyl (C=O) groups excluding carboxylic acids is 1. The van der Waals surface area contributed by atoms with Crippen LogP contribution in [0.1, 0.15) is 48.7 Å². The molecule has 6 nitrogen and oxygen atoms in total. The fourth-order valence-electron chi connectivity index (χ4n) is 3.55. The number of amides is 1. The molecular weight excluding hydrogens is 400 g/mol. The first-order valence-electron chi connectivity index (χ1n) is 11.1. The van der Waals surface area contributed by atoms with Crippen molar-refractivity contribution in [3.05, 3.63) is 78.0 Å². The van der Waals surface area contributed by atoms with Gasteiger partial charge < -0.3 is 10.1 Å². The van der Waals surface area contributed by atoms with Gasteiger partial charge in [-0.2, -0.15) is 9.78 Å². The number of benzene rings is 2. The Hall–Kier alpha value is -3.67. The van der Waals surface area contributed by atoms with Gasteiger partial charge in [-0.3, -0.25) is 4.79 Å². The number of hydrogen-bond acceptors (Lipinski definition) is 4. The van der Waals surface area contributed by atoms with Crippen molar-refractivity contribution in [1.82, 2.24) is 14.8 Å². The van der Waals surface area contributed by atoms with Gasteiger partial charge in [-0.25, -0.2) is 4.98 Å². The van der Waals surface area contributed by atoms with Gasteiger partial charge in [-0.15, -0.1) is 0 Å². The van der Waals surface area contributed by atoms with Crippen LogP contribution >= 0.6 is 0 Å². The molecule has 6 heteroatoms.